The van der Waals surface area contributed by atoms with Crippen molar-refractivity contribution in [3.63, 3.8) is 0 Å². The number of amides is 2. The Morgan fingerprint density at radius 3 is 2.76 bits per heavy atom. The number of likely N-dealkylation sites (N-methyl/N-ethyl adjacent to an activating group) is 1. The Morgan fingerprint density at radius 1 is 1.29 bits per heavy atom. The van der Waals surface area contributed by atoms with Gasteiger partial charge in [0.25, 0.3) is 5.91 Å². The molecule has 0 aliphatic carbocycles. The highest BCUT2D eigenvalue weighted by Gasteiger charge is 2.12. The van der Waals surface area contributed by atoms with Crippen molar-refractivity contribution in [2.75, 3.05) is 13.6 Å². The largest absolute Gasteiger partial charge is 0.342 e. The Kier molecular flexibility index (Phi) is 5.36. The van der Waals surface area contributed by atoms with Crippen molar-refractivity contribution in [2.24, 2.45) is 0 Å². The number of halogens is 1. The van der Waals surface area contributed by atoms with E-state index < -0.39 is 0 Å². The van der Waals surface area contributed by atoms with Gasteiger partial charge in [0, 0.05) is 18.6 Å². The average molecular weight is 323 g/mol. The lowest BCUT2D eigenvalue weighted by molar-refractivity contribution is -0.129. The molecule has 0 unspecified atom stereocenters. The minimum atomic E-state index is -0.227. The Hall–Kier alpha value is -1.85. The number of hydrogen-bond donors (Lipinski definition) is 1. The van der Waals surface area contributed by atoms with Crippen LogP contribution >= 0.6 is 22.9 Å². The first kappa shape index (κ1) is 15.5. The predicted molar refractivity (Wildman–Crippen MR) is 84.6 cm³/mol. The number of carbonyl (C=O) groups is 2. The number of nitrogens with one attached hydrogen (secondary N) is 1. The van der Waals surface area contributed by atoms with Crippen molar-refractivity contribution in [1.82, 2.24) is 10.2 Å². The fourth-order valence-corrected chi connectivity index (χ4v) is 2.64. The molecule has 1 aromatic carbocycles. The van der Waals surface area contributed by atoms with Crippen molar-refractivity contribution >= 4 is 34.8 Å². The first-order valence-corrected chi connectivity index (χ1v) is 7.62. The van der Waals surface area contributed by atoms with Crippen LogP contribution in [0.5, 0.6) is 0 Å². The highest BCUT2D eigenvalue weighted by atomic mass is 35.5. The van der Waals surface area contributed by atoms with Crippen LogP contribution in [0.15, 0.2) is 41.8 Å². The molecule has 0 radical (unpaired) electrons. The summed E-state index contributed by atoms with van der Waals surface area (Å²) < 4.78 is 0. The molecule has 0 aliphatic rings. The van der Waals surface area contributed by atoms with Crippen molar-refractivity contribution in [1.29, 1.82) is 0 Å². The average Bonchev–Trinajstić information content (AvgIpc) is 2.98. The molecule has 0 bridgehead atoms. The van der Waals surface area contributed by atoms with Crippen LogP contribution in [-0.4, -0.2) is 30.3 Å². The topological polar surface area (TPSA) is 49.4 Å². The normalized spacial score (nSPS) is 10.2. The van der Waals surface area contributed by atoms with E-state index in [0.29, 0.717) is 16.4 Å². The molecular formula is C15H15ClN2O2S. The number of thiophene rings is 1. The second-order valence-corrected chi connectivity index (χ2v) is 5.92. The smallest absolute Gasteiger partial charge is 0.261 e. The predicted octanol–water partition coefficient (Wildman–Crippen LogP) is 2.79. The van der Waals surface area contributed by atoms with Gasteiger partial charge in [-0.25, -0.2) is 0 Å². The first-order chi connectivity index (χ1) is 10.1. The minimum absolute atomic E-state index is 0.0200. The van der Waals surface area contributed by atoms with Gasteiger partial charge >= 0.3 is 0 Å². The van der Waals surface area contributed by atoms with Crippen LogP contribution < -0.4 is 5.32 Å². The number of benzene rings is 1. The summed E-state index contributed by atoms with van der Waals surface area (Å²) in [5.41, 5.74) is 0.947. The molecule has 2 amide bonds. The maximum atomic E-state index is 12.0. The molecule has 110 valence electrons. The molecule has 1 heterocycles. The second kappa shape index (κ2) is 7.24. The first-order valence-electron chi connectivity index (χ1n) is 6.36. The standard InChI is InChI=1S/C15H15ClN2O2S/c1-18(10-11-4-2-5-12(16)8-11)14(19)9-17-15(20)13-6-3-7-21-13/h2-8H,9-10H2,1H3,(H,17,20). The van der Waals surface area contributed by atoms with Crippen LogP contribution in [-0.2, 0) is 11.3 Å². The van der Waals surface area contributed by atoms with Gasteiger partial charge < -0.3 is 10.2 Å². The molecule has 21 heavy (non-hydrogen) atoms. The molecule has 2 rings (SSSR count). The van der Waals surface area contributed by atoms with Gasteiger partial charge in [0.05, 0.1) is 11.4 Å². The monoisotopic (exact) mass is 322 g/mol. The SMILES string of the molecule is CN(Cc1cccc(Cl)c1)C(=O)CNC(=O)c1cccs1. The molecule has 0 saturated heterocycles. The Labute approximate surface area is 132 Å². The summed E-state index contributed by atoms with van der Waals surface area (Å²) >= 11 is 7.25. The van der Waals surface area contributed by atoms with E-state index in [1.54, 1.807) is 30.1 Å². The lowest BCUT2D eigenvalue weighted by Gasteiger charge is -2.17. The summed E-state index contributed by atoms with van der Waals surface area (Å²) in [4.78, 5) is 25.9. The summed E-state index contributed by atoms with van der Waals surface area (Å²) in [5, 5.41) is 5.08. The van der Waals surface area contributed by atoms with E-state index in [1.165, 1.54) is 11.3 Å². The fourth-order valence-electron chi connectivity index (χ4n) is 1.78. The lowest BCUT2D eigenvalue weighted by atomic mass is 10.2. The zero-order valence-electron chi connectivity index (χ0n) is 11.5. The minimum Gasteiger partial charge on any atom is -0.342 e. The second-order valence-electron chi connectivity index (χ2n) is 4.54. The number of nitrogens with zero attached hydrogens (tertiary/aromatic N) is 1. The van der Waals surface area contributed by atoms with Crippen molar-refractivity contribution in [3.05, 3.63) is 57.2 Å². The molecule has 0 spiro atoms. The van der Waals surface area contributed by atoms with E-state index in [0.717, 1.165) is 5.56 Å². The van der Waals surface area contributed by atoms with Crippen molar-refractivity contribution in [2.45, 2.75) is 6.54 Å². The van der Waals surface area contributed by atoms with E-state index in [2.05, 4.69) is 5.32 Å². The molecular weight excluding hydrogens is 308 g/mol. The summed E-state index contributed by atoms with van der Waals surface area (Å²) in [6.07, 6.45) is 0. The van der Waals surface area contributed by atoms with Gasteiger partial charge in [-0.3, -0.25) is 9.59 Å². The summed E-state index contributed by atoms with van der Waals surface area (Å²) in [5.74, 6) is -0.380. The van der Waals surface area contributed by atoms with Crippen LogP contribution in [0.4, 0.5) is 0 Å². The number of hydrogen-bond acceptors (Lipinski definition) is 3. The van der Waals surface area contributed by atoms with E-state index in [4.69, 9.17) is 11.6 Å². The molecule has 2 aromatic rings. The van der Waals surface area contributed by atoms with Gasteiger partial charge in [0.2, 0.25) is 5.91 Å². The fraction of sp³-hybridized carbons (Fsp3) is 0.200. The van der Waals surface area contributed by atoms with Crippen molar-refractivity contribution in [3.8, 4) is 0 Å². The third-order valence-corrected chi connectivity index (χ3v) is 3.98. The third-order valence-electron chi connectivity index (χ3n) is 2.88. The van der Waals surface area contributed by atoms with E-state index in [-0.39, 0.29) is 18.4 Å². The molecule has 4 nitrogen and oxygen atoms in total. The Balaban J connectivity index is 1.84. The van der Waals surface area contributed by atoms with Gasteiger partial charge in [0.1, 0.15) is 0 Å². The molecule has 0 fully saturated rings. The summed E-state index contributed by atoms with van der Waals surface area (Å²) in [6.45, 7) is 0.433. The summed E-state index contributed by atoms with van der Waals surface area (Å²) in [7, 11) is 1.69. The van der Waals surface area contributed by atoms with Crippen LogP contribution in [0.1, 0.15) is 15.2 Å². The number of carbonyl (C=O) groups excluding carboxylic acids is 2. The Bertz CT molecular complexity index is 628. The lowest BCUT2D eigenvalue weighted by Crippen LogP contribution is -2.37. The van der Waals surface area contributed by atoms with E-state index in [1.807, 2.05) is 23.6 Å². The maximum absolute atomic E-state index is 12.0. The van der Waals surface area contributed by atoms with Gasteiger partial charge in [-0.1, -0.05) is 29.8 Å². The van der Waals surface area contributed by atoms with Gasteiger partial charge in [-0.2, -0.15) is 0 Å². The molecule has 0 aliphatic heterocycles. The molecule has 1 N–H and O–H groups in total. The van der Waals surface area contributed by atoms with Crippen LogP contribution in [0.25, 0.3) is 0 Å². The van der Waals surface area contributed by atoms with Crippen LogP contribution in [0.3, 0.4) is 0 Å². The summed E-state index contributed by atoms with van der Waals surface area (Å²) in [6, 6.07) is 10.9. The number of rotatable bonds is 5. The van der Waals surface area contributed by atoms with Crippen molar-refractivity contribution < 1.29 is 9.59 Å². The van der Waals surface area contributed by atoms with Crippen LogP contribution in [0, 0.1) is 0 Å². The van der Waals surface area contributed by atoms with E-state index >= 15 is 0 Å². The van der Waals surface area contributed by atoms with Gasteiger partial charge in [-0.15, -0.1) is 11.3 Å². The van der Waals surface area contributed by atoms with Gasteiger partial charge in [-0.05, 0) is 29.1 Å². The molecule has 0 atom stereocenters. The maximum Gasteiger partial charge on any atom is 0.261 e. The van der Waals surface area contributed by atoms with Crippen LogP contribution in [0.2, 0.25) is 5.02 Å². The highest BCUT2D eigenvalue weighted by Crippen LogP contribution is 2.12. The highest BCUT2D eigenvalue weighted by molar-refractivity contribution is 7.12. The third kappa shape index (κ3) is 4.58. The molecule has 6 heteroatoms. The van der Waals surface area contributed by atoms with Gasteiger partial charge in [0.15, 0.2) is 0 Å². The zero-order valence-corrected chi connectivity index (χ0v) is 13.1. The molecule has 0 saturated carbocycles. The quantitative estimate of drug-likeness (QED) is 0.920. The van der Waals surface area contributed by atoms with E-state index in [9.17, 15) is 9.59 Å². The zero-order chi connectivity index (χ0) is 15.2. The molecule has 1 aromatic heterocycles. The Morgan fingerprint density at radius 2 is 2.10 bits per heavy atom.